The molecule has 0 aliphatic carbocycles. The quantitative estimate of drug-likeness (QED) is 0.438. The summed E-state index contributed by atoms with van der Waals surface area (Å²) in [4.78, 5) is 11.8. The van der Waals surface area contributed by atoms with Crippen molar-refractivity contribution in [2.24, 2.45) is 0 Å². The van der Waals surface area contributed by atoms with Crippen molar-refractivity contribution in [3.05, 3.63) is 88.0 Å². The largest absolute Gasteiger partial charge is 0.496 e. The number of ether oxygens (including phenoxy) is 4. The Morgan fingerprint density at radius 2 is 1.35 bits per heavy atom. The minimum atomic E-state index is -0.473. The van der Waals surface area contributed by atoms with Crippen molar-refractivity contribution in [3.63, 3.8) is 0 Å². The summed E-state index contributed by atoms with van der Waals surface area (Å²) >= 11 is 0. The van der Waals surface area contributed by atoms with E-state index in [1.807, 2.05) is 36.4 Å². The number of methoxy groups -OCH3 is 2. The van der Waals surface area contributed by atoms with Crippen LogP contribution in [0.3, 0.4) is 0 Å². The van der Waals surface area contributed by atoms with Gasteiger partial charge < -0.3 is 18.9 Å². The molecule has 0 saturated heterocycles. The second-order valence-electron chi connectivity index (χ2n) is 7.21. The second kappa shape index (κ2) is 10.2. The van der Waals surface area contributed by atoms with E-state index in [-0.39, 0.29) is 0 Å². The zero-order chi connectivity index (χ0) is 23.9. The third kappa shape index (κ3) is 5.16. The lowest BCUT2D eigenvalue weighted by Crippen LogP contribution is -2.15. The van der Waals surface area contributed by atoms with E-state index in [1.54, 1.807) is 18.2 Å². The van der Waals surface area contributed by atoms with Crippen LogP contribution in [0.15, 0.2) is 54.6 Å². The van der Waals surface area contributed by atoms with Gasteiger partial charge in [0.15, 0.2) is 11.5 Å². The molecule has 166 valence electrons. The highest BCUT2D eigenvalue weighted by molar-refractivity contribution is 5.92. The average molecular weight is 448 g/mol. The van der Waals surface area contributed by atoms with Crippen LogP contribution >= 0.6 is 0 Å². The van der Waals surface area contributed by atoms with Gasteiger partial charge in [-0.1, -0.05) is 29.6 Å². The molecule has 34 heavy (non-hydrogen) atoms. The maximum Gasteiger partial charge on any atom is 0.341 e. The molecule has 0 spiro atoms. The fourth-order valence-corrected chi connectivity index (χ4v) is 3.31. The first kappa shape index (κ1) is 22.4. The Hall–Kier alpha value is -4.79. The number of carbonyl (C=O) groups excluding carboxylic acids is 1. The van der Waals surface area contributed by atoms with Crippen LogP contribution in [-0.2, 0) is 4.74 Å². The van der Waals surface area contributed by atoms with E-state index in [0.717, 1.165) is 22.4 Å². The fraction of sp³-hybridized carbons (Fsp3) is 0.138. The summed E-state index contributed by atoms with van der Waals surface area (Å²) in [6, 6.07) is 16.2. The van der Waals surface area contributed by atoms with Crippen LogP contribution in [0, 0.1) is 36.0 Å². The molecular formula is C29H20O5. The summed E-state index contributed by atoms with van der Waals surface area (Å²) in [6.45, 7) is 1.07. The molecule has 5 heteroatoms. The Kier molecular flexibility index (Phi) is 6.73. The number of benzene rings is 3. The molecule has 0 unspecified atom stereocenters. The van der Waals surface area contributed by atoms with Crippen molar-refractivity contribution < 1.29 is 23.7 Å². The highest BCUT2D eigenvalue weighted by Gasteiger charge is 2.13. The van der Waals surface area contributed by atoms with Crippen LogP contribution in [0.25, 0.3) is 0 Å². The molecule has 5 nitrogen and oxygen atoms in total. The van der Waals surface area contributed by atoms with Gasteiger partial charge in [0.1, 0.15) is 24.5 Å². The number of hydrogen-bond donors (Lipinski definition) is 0. The smallest absolute Gasteiger partial charge is 0.341 e. The van der Waals surface area contributed by atoms with Crippen LogP contribution < -0.4 is 14.2 Å². The van der Waals surface area contributed by atoms with Gasteiger partial charge >= 0.3 is 5.97 Å². The lowest BCUT2D eigenvalue weighted by molar-refractivity contribution is 0.0597. The van der Waals surface area contributed by atoms with Crippen molar-refractivity contribution in [3.8, 4) is 53.3 Å². The zero-order valence-corrected chi connectivity index (χ0v) is 18.7. The summed E-state index contributed by atoms with van der Waals surface area (Å²) in [5, 5.41) is 0. The van der Waals surface area contributed by atoms with Crippen molar-refractivity contribution in [1.29, 1.82) is 0 Å². The minimum absolute atomic E-state index is 0.335. The first-order valence-corrected chi connectivity index (χ1v) is 10.4. The van der Waals surface area contributed by atoms with Gasteiger partial charge in [0.2, 0.25) is 0 Å². The highest BCUT2D eigenvalue weighted by atomic mass is 16.6. The van der Waals surface area contributed by atoms with Gasteiger partial charge in [-0.25, -0.2) is 4.79 Å². The number of rotatable bonds is 2. The Balaban J connectivity index is 1.62. The first-order valence-electron chi connectivity index (χ1n) is 10.4. The third-order valence-corrected chi connectivity index (χ3v) is 4.95. The standard InChI is InChI=1S/C29H20O5/c1-4-20-15-23(7-5-21-9-11-25(29(30)32-3)27(18-21)31-2)17-24(16-20)8-6-22-10-12-26-28(19-22)34-14-13-33-26/h1,9-12,15-19H,13-14H2,2-3H3. The van der Waals surface area contributed by atoms with Crippen LogP contribution in [0.1, 0.15) is 38.2 Å². The molecule has 3 aromatic rings. The maximum atomic E-state index is 11.8. The Bertz CT molecular complexity index is 1420. The van der Waals surface area contributed by atoms with Crippen molar-refractivity contribution in [1.82, 2.24) is 0 Å². The molecule has 4 rings (SSSR count). The molecule has 0 saturated carbocycles. The molecule has 0 bridgehead atoms. The van der Waals surface area contributed by atoms with Gasteiger partial charge in [0.25, 0.3) is 0 Å². The van der Waals surface area contributed by atoms with E-state index in [2.05, 4.69) is 29.6 Å². The predicted molar refractivity (Wildman–Crippen MR) is 128 cm³/mol. The Labute approximate surface area is 198 Å². The summed E-state index contributed by atoms with van der Waals surface area (Å²) in [7, 11) is 2.81. The predicted octanol–water partition coefficient (Wildman–Crippen LogP) is 4.03. The van der Waals surface area contributed by atoms with Crippen LogP contribution in [0.5, 0.6) is 17.2 Å². The van der Waals surface area contributed by atoms with Gasteiger partial charge in [-0.15, -0.1) is 6.42 Å². The van der Waals surface area contributed by atoms with E-state index < -0.39 is 5.97 Å². The van der Waals surface area contributed by atoms with Gasteiger partial charge in [-0.2, -0.15) is 0 Å². The molecule has 0 aromatic heterocycles. The SMILES string of the molecule is C#Cc1cc(C#Cc2ccc3c(c2)OCCO3)cc(C#Cc2ccc(C(=O)OC)c(OC)c2)c1. The van der Waals surface area contributed by atoms with E-state index in [0.29, 0.717) is 41.4 Å². The first-order chi connectivity index (χ1) is 16.6. The maximum absolute atomic E-state index is 11.8. The van der Waals surface area contributed by atoms with E-state index >= 15 is 0 Å². The summed E-state index contributed by atoms with van der Waals surface area (Å²) < 4.78 is 21.2. The van der Waals surface area contributed by atoms with Crippen LogP contribution in [-0.4, -0.2) is 33.4 Å². The van der Waals surface area contributed by atoms with E-state index in [1.165, 1.54) is 14.2 Å². The summed E-state index contributed by atoms with van der Waals surface area (Å²) in [5.74, 6) is 16.4. The third-order valence-electron chi connectivity index (χ3n) is 4.95. The van der Waals surface area contributed by atoms with Crippen molar-refractivity contribution in [2.45, 2.75) is 0 Å². The van der Waals surface area contributed by atoms with E-state index in [9.17, 15) is 4.79 Å². The molecule has 1 aliphatic rings. The second-order valence-corrected chi connectivity index (χ2v) is 7.21. The van der Waals surface area contributed by atoms with Gasteiger partial charge in [-0.05, 0) is 54.6 Å². The van der Waals surface area contributed by atoms with Gasteiger partial charge in [0, 0.05) is 27.8 Å². The zero-order valence-electron chi connectivity index (χ0n) is 18.7. The van der Waals surface area contributed by atoms with Crippen LogP contribution in [0.4, 0.5) is 0 Å². The molecule has 0 N–H and O–H groups in total. The molecule has 0 radical (unpaired) electrons. The number of terminal acetylenes is 1. The molecule has 0 amide bonds. The normalized spacial score (nSPS) is 11.1. The molecular weight excluding hydrogens is 428 g/mol. The van der Waals surface area contributed by atoms with Gasteiger partial charge in [-0.3, -0.25) is 0 Å². The van der Waals surface area contributed by atoms with Gasteiger partial charge in [0.05, 0.1) is 14.2 Å². The molecule has 1 heterocycles. The Morgan fingerprint density at radius 3 is 2.00 bits per heavy atom. The number of carbonyl (C=O) groups is 1. The van der Waals surface area contributed by atoms with Crippen molar-refractivity contribution in [2.75, 3.05) is 27.4 Å². The topological polar surface area (TPSA) is 54.0 Å². The van der Waals surface area contributed by atoms with Crippen LogP contribution in [0.2, 0.25) is 0 Å². The summed E-state index contributed by atoms with van der Waals surface area (Å²) in [5.41, 5.74) is 3.96. The summed E-state index contributed by atoms with van der Waals surface area (Å²) in [6.07, 6.45) is 5.64. The molecule has 0 fully saturated rings. The molecule has 0 atom stereocenters. The monoisotopic (exact) mass is 448 g/mol. The Morgan fingerprint density at radius 1 is 0.765 bits per heavy atom. The average Bonchev–Trinajstić information content (AvgIpc) is 2.89. The van der Waals surface area contributed by atoms with Crippen molar-refractivity contribution >= 4 is 5.97 Å². The molecule has 3 aromatic carbocycles. The highest BCUT2D eigenvalue weighted by Crippen LogP contribution is 2.30. The lowest BCUT2D eigenvalue weighted by atomic mass is 10.0. The van der Waals surface area contributed by atoms with E-state index in [4.69, 9.17) is 25.4 Å². The minimum Gasteiger partial charge on any atom is -0.496 e. The number of fused-ring (bicyclic) bond motifs is 1. The molecule has 1 aliphatic heterocycles. The number of esters is 1. The lowest BCUT2D eigenvalue weighted by Gasteiger charge is -2.17. The number of hydrogen-bond acceptors (Lipinski definition) is 5. The fourth-order valence-electron chi connectivity index (χ4n) is 3.31.